The minimum atomic E-state index is 0.173. The maximum Gasteiger partial charge on any atom is 0.142 e. The molecule has 0 radical (unpaired) electrons. The zero-order chi connectivity index (χ0) is 25.9. The highest BCUT2D eigenvalue weighted by Crippen LogP contribution is 2.30. The second-order valence-electron chi connectivity index (χ2n) is 9.37. The molecule has 2 heterocycles. The summed E-state index contributed by atoms with van der Waals surface area (Å²) in [5.41, 5.74) is 11.7. The number of nitrogen functional groups attached to an aromatic ring is 1. The molecule has 0 unspecified atom stereocenters. The summed E-state index contributed by atoms with van der Waals surface area (Å²) in [6.45, 7) is 17.6. The van der Waals surface area contributed by atoms with Crippen LogP contribution in [0.1, 0.15) is 46.6 Å². The van der Waals surface area contributed by atoms with Crippen molar-refractivity contribution < 1.29 is 9.57 Å². The molecule has 7 nitrogen and oxygen atoms in total. The van der Waals surface area contributed by atoms with E-state index >= 15 is 0 Å². The van der Waals surface area contributed by atoms with Crippen molar-refractivity contribution >= 4 is 22.8 Å². The van der Waals surface area contributed by atoms with Crippen molar-refractivity contribution in [3.63, 3.8) is 0 Å². The van der Waals surface area contributed by atoms with Crippen LogP contribution in [-0.2, 0) is 11.3 Å². The SMILES string of the molecule is CC.CC/C(CN1CCc2ccc(N)cc21)=N\OCCN1CCN(c2ccccc2OC(C)C)CC1. The Balaban J connectivity index is 0.00000176. The Labute approximate surface area is 217 Å². The second kappa shape index (κ2) is 14.0. The van der Waals surface area contributed by atoms with Crippen LogP contribution in [0.15, 0.2) is 47.6 Å². The number of fused-ring (bicyclic) bond motifs is 1. The lowest BCUT2D eigenvalue weighted by Gasteiger charge is -2.36. The van der Waals surface area contributed by atoms with Gasteiger partial charge in [-0.1, -0.05) is 44.1 Å². The summed E-state index contributed by atoms with van der Waals surface area (Å²) in [6.07, 6.45) is 2.12. The summed E-state index contributed by atoms with van der Waals surface area (Å²) in [5, 5.41) is 4.48. The first kappa shape index (κ1) is 27.7. The molecule has 198 valence electrons. The molecule has 36 heavy (non-hydrogen) atoms. The average molecular weight is 496 g/mol. The van der Waals surface area contributed by atoms with Gasteiger partial charge >= 0.3 is 0 Å². The molecule has 0 bridgehead atoms. The molecule has 2 aliphatic heterocycles. The number of piperazine rings is 1. The molecule has 4 rings (SSSR count). The highest BCUT2D eigenvalue weighted by molar-refractivity contribution is 5.89. The number of rotatable bonds is 10. The predicted molar refractivity (Wildman–Crippen MR) is 153 cm³/mol. The van der Waals surface area contributed by atoms with Crippen molar-refractivity contribution in [1.29, 1.82) is 0 Å². The Hall–Kier alpha value is -2.93. The van der Waals surface area contributed by atoms with Gasteiger partial charge in [0.15, 0.2) is 0 Å². The van der Waals surface area contributed by atoms with Crippen molar-refractivity contribution in [3.05, 3.63) is 48.0 Å². The lowest BCUT2D eigenvalue weighted by molar-refractivity contribution is 0.107. The van der Waals surface area contributed by atoms with E-state index in [1.807, 2.05) is 26.0 Å². The number of nitrogens with zero attached hydrogens (tertiary/aromatic N) is 4. The third-order valence-corrected chi connectivity index (χ3v) is 6.52. The molecule has 2 aromatic rings. The molecule has 0 aromatic heterocycles. The number of benzene rings is 2. The van der Waals surface area contributed by atoms with Crippen LogP contribution in [0.3, 0.4) is 0 Å². The molecule has 1 fully saturated rings. The highest BCUT2D eigenvalue weighted by Gasteiger charge is 2.21. The van der Waals surface area contributed by atoms with Crippen molar-refractivity contribution in [2.75, 3.05) is 68.0 Å². The van der Waals surface area contributed by atoms with Gasteiger partial charge in [0.2, 0.25) is 0 Å². The summed E-state index contributed by atoms with van der Waals surface area (Å²) in [4.78, 5) is 13.0. The van der Waals surface area contributed by atoms with Gasteiger partial charge in [0.1, 0.15) is 12.4 Å². The fourth-order valence-electron chi connectivity index (χ4n) is 4.64. The summed E-state index contributed by atoms with van der Waals surface area (Å²) in [6, 6.07) is 14.5. The Morgan fingerprint density at radius 2 is 1.75 bits per heavy atom. The molecule has 2 aromatic carbocycles. The van der Waals surface area contributed by atoms with Gasteiger partial charge < -0.3 is 25.1 Å². The van der Waals surface area contributed by atoms with Crippen LogP contribution in [0, 0.1) is 0 Å². The van der Waals surface area contributed by atoms with Gasteiger partial charge in [0.05, 0.1) is 24.0 Å². The fraction of sp³-hybridized carbons (Fsp3) is 0.552. The number of hydrogen-bond acceptors (Lipinski definition) is 7. The monoisotopic (exact) mass is 495 g/mol. The molecule has 0 aliphatic carbocycles. The normalized spacial score (nSPS) is 16.0. The van der Waals surface area contributed by atoms with Crippen LogP contribution in [0.2, 0.25) is 0 Å². The Bertz CT molecular complexity index is 970. The van der Waals surface area contributed by atoms with E-state index in [9.17, 15) is 0 Å². The van der Waals surface area contributed by atoms with Crippen LogP contribution in [0.4, 0.5) is 17.1 Å². The smallest absolute Gasteiger partial charge is 0.142 e. The van der Waals surface area contributed by atoms with Crippen molar-refractivity contribution in [2.45, 2.75) is 53.6 Å². The topological polar surface area (TPSA) is 66.6 Å². The molecule has 0 spiro atoms. The summed E-state index contributed by atoms with van der Waals surface area (Å²) in [5.74, 6) is 0.971. The molecule has 0 saturated carbocycles. The van der Waals surface area contributed by atoms with Gasteiger partial charge in [-0.3, -0.25) is 4.90 Å². The summed E-state index contributed by atoms with van der Waals surface area (Å²) < 4.78 is 6.01. The van der Waals surface area contributed by atoms with Crippen molar-refractivity contribution in [2.24, 2.45) is 5.16 Å². The first-order valence-corrected chi connectivity index (χ1v) is 13.6. The number of oxime groups is 1. The van der Waals surface area contributed by atoms with Crippen LogP contribution >= 0.6 is 0 Å². The molecular weight excluding hydrogens is 450 g/mol. The van der Waals surface area contributed by atoms with Gasteiger partial charge in [-0.2, -0.15) is 0 Å². The number of ether oxygens (including phenoxy) is 1. The molecule has 2 N–H and O–H groups in total. The van der Waals surface area contributed by atoms with E-state index in [4.69, 9.17) is 15.3 Å². The van der Waals surface area contributed by atoms with Crippen molar-refractivity contribution in [1.82, 2.24) is 4.90 Å². The van der Waals surface area contributed by atoms with Crippen LogP contribution in [-0.4, -0.2) is 69.1 Å². The van der Waals surface area contributed by atoms with Gasteiger partial charge in [-0.25, -0.2) is 0 Å². The number of hydrogen-bond donors (Lipinski definition) is 1. The van der Waals surface area contributed by atoms with E-state index in [2.05, 4.69) is 71.0 Å². The molecule has 0 atom stereocenters. The molecular formula is C29H45N5O2. The van der Waals surface area contributed by atoms with Crippen LogP contribution in [0.25, 0.3) is 0 Å². The van der Waals surface area contributed by atoms with Crippen LogP contribution in [0.5, 0.6) is 5.75 Å². The van der Waals surface area contributed by atoms with Gasteiger partial charge in [-0.05, 0) is 56.5 Å². The van der Waals surface area contributed by atoms with Gasteiger partial charge in [-0.15, -0.1) is 0 Å². The minimum Gasteiger partial charge on any atom is -0.489 e. The van der Waals surface area contributed by atoms with Crippen molar-refractivity contribution in [3.8, 4) is 5.75 Å². The van der Waals surface area contributed by atoms with Gasteiger partial charge in [0.25, 0.3) is 0 Å². The van der Waals surface area contributed by atoms with E-state index in [-0.39, 0.29) is 6.10 Å². The van der Waals surface area contributed by atoms with E-state index in [1.54, 1.807) is 0 Å². The average Bonchev–Trinajstić information content (AvgIpc) is 3.29. The standard InChI is InChI=1S/C27H39N5O2.C2H6/c1-4-24(20-32-12-11-22-9-10-23(28)19-26(22)32)29-33-18-17-30-13-15-31(16-14-30)25-7-5-6-8-27(25)34-21(2)3;1-2/h5-10,19,21H,4,11-18,20,28H2,1-3H3;1-2H3/b29-24+;. The molecule has 2 aliphatic rings. The van der Waals surface area contributed by atoms with E-state index in [0.717, 1.165) is 75.8 Å². The lowest BCUT2D eigenvalue weighted by Crippen LogP contribution is -2.47. The molecule has 7 heteroatoms. The first-order chi connectivity index (χ1) is 17.5. The highest BCUT2D eigenvalue weighted by atomic mass is 16.6. The summed E-state index contributed by atoms with van der Waals surface area (Å²) in [7, 11) is 0. The predicted octanol–water partition coefficient (Wildman–Crippen LogP) is 5.05. The second-order valence-corrected chi connectivity index (χ2v) is 9.37. The quantitative estimate of drug-likeness (QED) is 0.215. The minimum absolute atomic E-state index is 0.173. The zero-order valence-corrected chi connectivity index (χ0v) is 22.9. The fourth-order valence-corrected chi connectivity index (χ4v) is 4.64. The van der Waals surface area contributed by atoms with E-state index in [0.29, 0.717) is 6.61 Å². The third-order valence-electron chi connectivity index (χ3n) is 6.52. The summed E-state index contributed by atoms with van der Waals surface area (Å²) >= 11 is 0. The number of para-hydroxylation sites is 2. The van der Waals surface area contributed by atoms with E-state index in [1.165, 1.54) is 16.9 Å². The van der Waals surface area contributed by atoms with E-state index < -0.39 is 0 Å². The Morgan fingerprint density at radius 3 is 2.47 bits per heavy atom. The Kier molecular flexibility index (Phi) is 10.7. The molecule has 1 saturated heterocycles. The number of nitrogens with two attached hydrogens (primary N) is 1. The van der Waals surface area contributed by atoms with Crippen LogP contribution < -0.4 is 20.3 Å². The Morgan fingerprint density at radius 1 is 1.00 bits per heavy atom. The van der Waals surface area contributed by atoms with Gasteiger partial charge in [0, 0.05) is 50.6 Å². The number of anilines is 3. The molecule has 0 amide bonds. The maximum atomic E-state index is 6.01. The third kappa shape index (κ3) is 7.53. The zero-order valence-electron chi connectivity index (χ0n) is 22.9. The first-order valence-electron chi connectivity index (χ1n) is 13.6. The maximum absolute atomic E-state index is 6.01. The lowest BCUT2D eigenvalue weighted by atomic mass is 10.1. The largest absolute Gasteiger partial charge is 0.489 e.